The lowest BCUT2D eigenvalue weighted by molar-refractivity contribution is 0.295. The molecule has 1 aromatic carbocycles. The van der Waals surface area contributed by atoms with Gasteiger partial charge in [-0.2, -0.15) is 0 Å². The van der Waals surface area contributed by atoms with Crippen LogP contribution in [0.5, 0.6) is 0 Å². The molecule has 28 heavy (non-hydrogen) atoms. The predicted octanol–water partition coefficient (Wildman–Crippen LogP) is 5.89. The van der Waals surface area contributed by atoms with Gasteiger partial charge in [-0.15, -0.1) is 0 Å². The van der Waals surface area contributed by atoms with Crippen LogP contribution in [0.3, 0.4) is 0 Å². The van der Waals surface area contributed by atoms with Gasteiger partial charge in [0.05, 0.1) is 5.56 Å². The van der Waals surface area contributed by atoms with Crippen LogP contribution >= 0.6 is 11.6 Å². The molecule has 5 heteroatoms. The standard InChI is InChI=1S/C23H33ClN4/c1-6-28(7-2)15-11-12-18(5)27-23-21(22(24)25-16-26-23)20(17(3)4)19-13-9-8-10-14-19/h8-10,13-14,16,18H,6-7,11-12,15H2,1-5H3,(H,25,26,27)/t18-/m1/s1. The molecule has 0 aliphatic rings. The fraction of sp³-hybridized carbons (Fsp3) is 0.478. The van der Waals surface area contributed by atoms with E-state index in [9.17, 15) is 0 Å². The molecule has 152 valence electrons. The second kappa shape index (κ2) is 11.2. The summed E-state index contributed by atoms with van der Waals surface area (Å²) in [5.41, 5.74) is 4.27. The molecule has 0 fully saturated rings. The molecule has 4 nitrogen and oxygen atoms in total. The third-order valence-corrected chi connectivity index (χ3v) is 5.29. The van der Waals surface area contributed by atoms with E-state index in [1.54, 1.807) is 0 Å². The fourth-order valence-electron chi connectivity index (χ4n) is 3.45. The van der Waals surface area contributed by atoms with Gasteiger partial charge in [-0.05, 0) is 64.4 Å². The maximum absolute atomic E-state index is 6.55. The minimum Gasteiger partial charge on any atom is -0.367 e. The Balaban J connectivity index is 2.23. The number of rotatable bonds is 10. The van der Waals surface area contributed by atoms with Crippen LogP contribution in [-0.2, 0) is 0 Å². The third kappa shape index (κ3) is 6.05. The first kappa shape index (κ1) is 22.4. The number of anilines is 1. The van der Waals surface area contributed by atoms with E-state index in [1.807, 2.05) is 18.2 Å². The van der Waals surface area contributed by atoms with E-state index < -0.39 is 0 Å². The molecule has 0 saturated heterocycles. The first-order chi connectivity index (χ1) is 13.5. The number of benzene rings is 1. The molecule has 0 bridgehead atoms. The maximum atomic E-state index is 6.55. The number of nitrogens with one attached hydrogen (secondary N) is 1. The van der Waals surface area contributed by atoms with Gasteiger partial charge >= 0.3 is 0 Å². The number of allylic oxidation sites excluding steroid dienone is 1. The van der Waals surface area contributed by atoms with Crippen LogP contribution in [0.1, 0.15) is 58.6 Å². The molecule has 0 amide bonds. The monoisotopic (exact) mass is 400 g/mol. The fourth-order valence-corrected chi connectivity index (χ4v) is 3.68. The molecule has 0 saturated carbocycles. The quantitative estimate of drug-likeness (QED) is 0.504. The molecule has 2 aromatic rings. The summed E-state index contributed by atoms with van der Waals surface area (Å²) in [6.07, 6.45) is 3.76. The highest BCUT2D eigenvalue weighted by molar-refractivity contribution is 6.31. The summed E-state index contributed by atoms with van der Waals surface area (Å²) in [4.78, 5) is 11.2. The van der Waals surface area contributed by atoms with E-state index in [0.717, 1.165) is 55.0 Å². The molecular formula is C23H33ClN4. The van der Waals surface area contributed by atoms with Crippen LogP contribution in [0, 0.1) is 0 Å². The van der Waals surface area contributed by atoms with Gasteiger partial charge in [0.15, 0.2) is 0 Å². The lowest BCUT2D eigenvalue weighted by Crippen LogP contribution is -2.26. The van der Waals surface area contributed by atoms with E-state index in [4.69, 9.17) is 11.6 Å². The van der Waals surface area contributed by atoms with Crippen LogP contribution in [-0.4, -0.2) is 40.5 Å². The number of aromatic nitrogens is 2. The van der Waals surface area contributed by atoms with Crippen LogP contribution in [0.25, 0.3) is 5.57 Å². The second-order valence-electron chi connectivity index (χ2n) is 7.34. The number of halogens is 1. The van der Waals surface area contributed by atoms with Crippen molar-refractivity contribution in [3.05, 3.63) is 58.5 Å². The molecule has 0 spiro atoms. The highest BCUT2D eigenvalue weighted by Crippen LogP contribution is 2.35. The zero-order valence-electron chi connectivity index (χ0n) is 17.8. The topological polar surface area (TPSA) is 41.0 Å². The van der Waals surface area contributed by atoms with Gasteiger partial charge in [-0.25, -0.2) is 9.97 Å². The molecule has 1 atom stereocenters. The maximum Gasteiger partial charge on any atom is 0.142 e. The van der Waals surface area contributed by atoms with E-state index >= 15 is 0 Å². The third-order valence-electron chi connectivity index (χ3n) is 5.00. The Bertz CT molecular complexity index is 765. The first-order valence-electron chi connectivity index (χ1n) is 10.2. The Morgan fingerprint density at radius 1 is 1.11 bits per heavy atom. The Labute approximate surface area is 175 Å². The van der Waals surface area contributed by atoms with Gasteiger partial charge in [0.2, 0.25) is 0 Å². The van der Waals surface area contributed by atoms with Crippen molar-refractivity contribution >= 4 is 23.0 Å². The zero-order chi connectivity index (χ0) is 20.5. The minimum absolute atomic E-state index is 0.300. The van der Waals surface area contributed by atoms with Crippen molar-refractivity contribution in [2.45, 2.75) is 53.5 Å². The van der Waals surface area contributed by atoms with Gasteiger partial charge in [0, 0.05) is 6.04 Å². The highest BCUT2D eigenvalue weighted by atomic mass is 35.5. The van der Waals surface area contributed by atoms with Crippen molar-refractivity contribution < 1.29 is 0 Å². The molecule has 1 heterocycles. The molecule has 1 N–H and O–H groups in total. The van der Waals surface area contributed by atoms with E-state index in [2.05, 4.69) is 66.9 Å². The Kier molecular flexibility index (Phi) is 8.94. The number of nitrogens with zero attached hydrogens (tertiary/aromatic N) is 3. The predicted molar refractivity (Wildman–Crippen MR) is 121 cm³/mol. The Morgan fingerprint density at radius 2 is 1.79 bits per heavy atom. The molecule has 0 radical (unpaired) electrons. The van der Waals surface area contributed by atoms with Crippen molar-refractivity contribution in [3.8, 4) is 0 Å². The van der Waals surface area contributed by atoms with Gasteiger partial charge in [0.1, 0.15) is 17.3 Å². The van der Waals surface area contributed by atoms with Crippen molar-refractivity contribution in [2.75, 3.05) is 25.0 Å². The lowest BCUT2D eigenvalue weighted by atomic mass is 9.95. The summed E-state index contributed by atoms with van der Waals surface area (Å²) in [5, 5.41) is 4.06. The van der Waals surface area contributed by atoms with Crippen molar-refractivity contribution in [1.82, 2.24) is 14.9 Å². The normalized spacial score (nSPS) is 12.1. The van der Waals surface area contributed by atoms with Gasteiger partial charge in [0.25, 0.3) is 0 Å². The van der Waals surface area contributed by atoms with Crippen LogP contribution in [0.4, 0.5) is 5.82 Å². The Morgan fingerprint density at radius 3 is 2.39 bits per heavy atom. The molecule has 2 rings (SSSR count). The average Bonchev–Trinajstić information content (AvgIpc) is 2.68. The van der Waals surface area contributed by atoms with E-state index in [-0.39, 0.29) is 0 Å². The van der Waals surface area contributed by atoms with Crippen molar-refractivity contribution in [3.63, 3.8) is 0 Å². The second-order valence-corrected chi connectivity index (χ2v) is 7.70. The molecule has 0 aliphatic carbocycles. The van der Waals surface area contributed by atoms with Gasteiger partial charge in [-0.1, -0.05) is 61.4 Å². The summed E-state index contributed by atoms with van der Waals surface area (Å²) in [5.74, 6) is 0.801. The summed E-state index contributed by atoms with van der Waals surface area (Å²) in [6, 6.07) is 10.6. The average molecular weight is 401 g/mol. The molecule has 0 unspecified atom stereocenters. The smallest absolute Gasteiger partial charge is 0.142 e. The SMILES string of the molecule is CCN(CC)CCC[C@@H](C)Nc1ncnc(Cl)c1C(=C(C)C)c1ccccc1. The van der Waals surface area contributed by atoms with Crippen LogP contribution in [0.15, 0.2) is 42.2 Å². The van der Waals surface area contributed by atoms with Crippen LogP contribution in [0.2, 0.25) is 5.15 Å². The van der Waals surface area contributed by atoms with E-state index in [1.165, 1.54) is 11.9 Å². The number of hydrogen-bond acceptors (Lipinski definition) is 4. The lowest BCUT2D eigenvalue weighted by Gasteiger charge is -2.22. The summed E-state index contributed by atoms with van der Waals surface area (Å²) < 4.78 is 0. The van der Waals surface area contributed by atoms with E-state index in [0.29, 0.717) is 11.2 Å². The largest absolute Gasteiger partial charge is 0.367 e. The molecule has 0 aliphatic heterocycles. The Hall–Kier alpha value is -1.91. The summed E-state index contributed by atoms with van der Waals surface area (Å²) >= 11 is 6.55. The zero-order valence-corrected chi connectivity index (χ0v) is 18.6. The summed E-state index contributed by atoms with van der Waals surface area (Å²) in [7, 11) is 0. The van der Waals surface area contributed by atoms with Gasteiger partial charge in [-0.3, -0.25) is 0 Å². The summed E-state index contributed by atoms with van der Waals surface area (Å²) in [6.45, 7) is 14.2. The van der Waals surface area contributed by atoms with Crippen LogP contribution < -0.4 is 5.32 Å². The molecule has 1 aromatic heterocycles. The van der Waals surface area contributed by atoms with Gasteiger partial charge < -0.3 is 10.2 Å². The first-order valence-corrected chi connectivity index (χ1v) is 10.6. The highest BCUT2D eigenvalue weighted by Gasteiger charge is 2.19. The number of hydrogen-bond donors (Lipinski definition) is 1. The van der Waals surface area contributed by atoms with Crippen molar-refractivity contribution in [1.29, 1.82) is 0 Å². The van der Waals surface area contributed by atoms with Crippen molar-refractivity contribution in [2.24, 2.45) is 0 Å². The minimum atomic E-state index is 0.300. The molecular weight excluding hydrogens is 368 g/mol.